The highest BCUT2D eigenvalue weighted by Crippen LogP contribution is 2.65. The van der Waals surface area contributed by atoms with Crippen LogP contribution in [0.2, 0.25) is 0 Å². The predicted octanol–water partition coefficient (Wildman–Crippen LogP) is 5.50. The molecule has 1 saturated heterocycles. The lowest BCUT2D eigenvalue weighted by Crippen LogP contribution is -2.46. The number of imide groups is 1. The minimum atomic E-state index is -4.97. The first-order chi connectivity index (χ1) is 19.8. The van der Waals surface area contributed by atoms with Crippen molar-refractivity contribution in [3.8, 4) is 11.8 Å². The van der Waals surface area contributed by atoms with Gasteiger partial charge in [0.15, 0.2) is 0 Å². The van der Waals surface area contributed by atoms with Gasteiger partial charge in [0.05, 0.1) is 10.9 Å². The summed E-state index contributed by atoms with van der Waals surface area (Å²) in [6.45, 7) is 8.31. The van der Waals surface area contributed by atoms with Crippen molar-refractivity contribution in [3.63, 3.8) is 0 Å². The number of unbranched alkanes of at least 4 members (excludes halogenated alkanes) is 4. The number of alkyl halides is 3. The standard InChI is InChI=1S/C32H39F3N4O3/c1-30(2)21-16-17-31(30,3)24(19-21)36-18-9-7-5-4-6-8-11-20-12-10-13-22-26(20)28(42)39(29(37-22)32(33,34)35)23-14-15-25(40)38-27(23)41/h10,12-13,21,23-24,36H,4-7,9,14-19H2,1-3H3,(H,38,40,41)/t21-,23+,24?,31+/m1/s1. The van der Waals surface area contributed by atoms with E-state index in [1.165, 1.54) is 31.4 Å². The smallest absolute Gasteiger partial charge is 0.313 e. The normalized spacial score (nSPS) is 26.8. The molecule has 0 radical (unpaired) electrons. The molecule has 1 aromatic carbocycles. The van der Waals surface area contributed by atoms with Crippen molar-refractivity contribution in [1.82, 2.24) is 20.2 Å². The number of carbonyl (C=O) groups excluding carboxylic acids is 2. The van der Waals surface area contributed by atoms with Crippen LogP contribution in [0.25, 0.3) is 10.9 Å². The van der Waals surface area contributed by atoms with E-state index >= 15 is 0 Å². The maximum absolute atomic E-state index is 13.9. The van der Waals surface area contributed by atoms with Gasteiger partial charge in [0.1, 0.15) is 6.04 Å². The molecule has 4 atom stereocenters. The molecule has 2 heterocycles. The summed E-state index contributed by atoms with van der Waals surface area (Å²) in [6.07, 6.45) is 3.24. The van der Waals surface area contributed by atoms with Crippen molar-refractivity contribution < 1.29 is 22.8 Å². The summed E-state index contributed by atoms with van der Waals surface area (Å²) in [5.74, 6) is 3.83. The zero-order valence-corrected chi connectivity index (χ0v) is 24.5. The van der Waals surface area contributed by atoms with Crippen molar-refractivity contribution in [1.29, 1.82) is 0 Å². The molecule has 3 aliphatic rings. The highest BCUT2D eigenvalue weighted by atomic mass is 19.4. The average molecular weight is 585 g/mol. The molecule has 7 nitrogen and oxygen atoms in total. The molecule has 2 amide bonds. The van der Waals surface area contributed by atoms with Crippen LogP contribution in [0, 0.1) is 28.6 Å². The number of nitrogens with one attached hydrogen (secondary N) is 2. The molecule has 1 unspecified atom stereocenters. The minimum absolute atomic E-state index is 0.0636. The van der Waals surface area contributed by atoms with Crippen molar-refractivity contribution in [2.24, 2.45) is 16.7 Å². The largest absolute Gasteiger partial charge is 0.449 e. The van der Waals surface area contributed by atoms with Gasteiger partial charge >= 0.3 is 6.18 Å². The predicted molar refractivity (Wildman–Crippen MR) is 153 cm³/mol. The Morgan fingerprint density at radius 2 is 1.86 bits per heavy atom. The van der Waals surface area contributed by atoms with Crippen molar-refractivity contribution in [2.75, 3.05) is 6.54 Å². The number of aromatic nitrogens is 2. The number of fused-ring (bicyclic) bond motifs is 3. The monoisotopic (exact) mass is 584 g/mol. The fraction of sp³-hybridized carbons (Fsp3) is 0.625. The Morgan fingerprint density at radius 3 is 2.52 bits per heavy atom. The molecule has 2 aliphatic carbocycles. The molecule has 1 aliphatic heterocycles. The molecule has 2 aromatic rings. The third-order valence-corrected chi connectivity index (χ3v) is 10.3. The number of rotatable bonds is 8. The Balaban J connectivity index is 1.21. The molecular formula is C32H39F3N4O3. The third-order valence-electron chi connectivity index (χ3n) is 10.3. The van der Waals surface area contributed by atoms with Crippen LogP contribution >= 0.6 is 0 Å². The molecule has 10 heteroatoms. The van der Waals surface area contributed by atoms with Gasteiger partial charge in [-0.15, -0.1) is 0 Å². The Bertz CT molecular complexity index is 1500. The Morgan fingerprint density at radius 1 is 1.10 bits per heavy atom. The first-order valence-electron chi connectivity index (χ1n) is 15.0. The van der Waals surface area contributed by atoms with Crippen LogP contribution in [0.5, 0.6) is 0 Å². The fourth-order valence-electron chi connectivity index (χ4n) is 7.40. The van der Waals surface area contributed by atoms with E-state index in [1.54, 1.807) is 6.07 Å². The van der Waals surface area contributed by atoms with Gasteiger partial charge in [-0.3, -0.25) is 24.3 Å². The first-order valence-corrected chi connectivity index (χ1v) is 15.0. The molecule has 2 bridgehead atoms. The number of halogens is 3. The van der Waals surface area contributed by atoms with E-state index < -0.39 is 35.4 Å². The second kappa shape index (κ2) is 11.5. The van der Waals surface area contributed by atoms with E-state index in [9.17, 15) is 27.6 Å². The van der Waals surface area contributed by atoms with Gasteiger partial charge in [0, 0.05) is 24.4 Å². The van der Waals surface area contributed by atoms with Crippen molar-refractivity contribution >= 4 is 22.7 Å². The van der Waals surface area contributed by atoms with Gasteiger partial charge in [-0.05, 0) is 74.0 Å². The highest BCUT2D eigenvalue weighted by Gasteiger charge is 2.60. The van der Waals surface area contributed by atoms with Crippen molar-refractivity contribution in [2.45, 2.75) is 103 Å². The van der Waals surface area contributed by atoms with Crippen LogP contribution in [0.15, 0.2) is 23.0 Å². The van der Waals surface area contributed by atoms with E-state index in [1.807, 2.05) is 5.32 Å². The SMILES string of the molecule is CC1(C)[C@@H]2CC[C@@]1(C)C(NCCCCCCC#Cc1cccc3nc(C(F)(F)F)n([C@H]4CCC(=O)NC4=O)c(=O)c13)C2. The quantitative estimate of drug-likeness (QED) is 0.243. The number of nitrogens with zero attached hydrogens (tertiary/aromatic N) is 2. The van der Waals surface area contributed by atoms with Gasteiger partial charge in [-0.2, -0.15) is 13.2 Å². The lowest BCUT2D eigenvalue weighted by atomic mass is 9.69. The number of benzene rings is 1. The van der Waals surface area contributed by atoms with Gasteiger partial charge in [0.2, 0.25) is 17.6 Å². The summed E-state index contributed by atoms with van der Waals surface area (Å²) in [5.41, 5.74) is -0.0764. The zero-order valence-electron chi connectivity index (χ0n) is 24.5. The maximum Gasteiger partial charge on any atom is 0.449 e. The second-order valence-corrected chi connectivity index (χ2v) is 12.9. The molecule has 0 spiro atoms. The summed E-state index contributed by atoms with van der Waals surface area (Å²) in [6, 6.07) is 3.53. The number of piperidine rings is 1. The minimum Gasteiger partial charge on any atom is -0.313 e. The third kappa shape index (κ3) is 5.48. The topological polar surface area (TPSA) is 93.1 Å². The van der Waals surface area contributed by atoms with Gasteiger partial charge in [-0.25, -0.2) is 4.98 Å². The average Bonchev–Trinajstić information content (AvgIpc) is 3.25. The highest BCUT2D eigenvalue weighted by molar-refractivity contribution is 5.99. The van der Waals surface area contributed by atoms with Crippen molar-refractivity contribution in [3.05, 3.63) is 39.9 Å². The summed E-state index contributed by atoms with van der Waals surface area (Å²) in [5, 5.41) is 5.78. The fourth-order valence-corrected chi connectivity index (χ4v) is 7.40. The van der Waals surface area contributed by atoms with Crippen LogP contribution in [0.4, 0.5) is 13.2 Å². The summed E-state index contributed by atoms with van der Waals surface area (Å²) < 4.78 is 42.1. The van der Waals surface area contributed by atoms with Crippen LogP contribution in [0.1, 0.15) is 102 Å². The Kier molecular flexibility index (Phi) is 8.27. The summed E-state index contributed by atoms with van der Waals surface area (Å²) >= 11 is 0. The Labute approximate surface area is 244 Å². The van der Waals surface area contributed by atoms with E-state index in [2.05, 4.69) is 42.9 Å². The number of carbonyl (C=O) groups is 2. The summed E-state index contributed by atoms with van der Waals surface area (Å²) in [7, 11) is 0. The van der Waals surface area contributed by atoms with E-state index in [-0.39, 0.29) is 29.3 Å². The van der Waals surface area contributed by atoms with E-state index in [4.69, 9.17) is 0 Å². The van der Waals surface area contributed by atoms with Crippen LogP contribution in [0.3, 0.4) is 0 Å². The first kappa shape index (κ1) is 30.3. The molecule has 3 fully saturated rings. The van der Waals surface area contributed by atoms with Gasteiger partial charge < -0.3 is 5.32 Å². The lowest BCUT2D eigenvalue weighted by molar-refractivity contribution is -0.150. The Hall–Kier alpha value is -3.19. The molecule has 2 saturated carbocycles. The zero-order chi connectivity index (χ0) is 30.3. The molecular weight excluding hydrogens is 545 g/mol. The number of hydrogen-bond donors (Lipinski definition) is 2. The molecule has 226 valence electrons. The second-order valence-electron chi connectivity index (χ2n) is 12.9. The molecule has 5 rings (SSSR count). The lowest BCUT2D eigenvalue weighted by Gasteiger charge is -2.39. The van der Waals surface area contributed by atoms with E-state index in [0.717, 1.165) is 38.1 Å². The maximum atomic E-state index is 13.9. The van der Waals surface area contributed by atoms with Gasteiger partial charge in [-0.1, -0.05) is 51.5 Å². The number of hydrogen-bond acceptors (Lipinski definition) is 5. The van der Waals surface area contributed by atoms with E-state index in [0.29, 0.717) is 27.9 Å². The molecule has 1 aromatic heterocycles. The van der Waals surface area contributed by atoms with Gasteiger partial charge in [0.25, 0.3) is 5.56 Å². The molecule has 42 heavy (non-hydrogen) atoms. The molecule has 2 N–H and O–H groups in total. The number of amides is 2. The summed E-state index contributed by atoms with van der Waals surface area (Å²) in [4.78, 5) is 41.2. The van der Waals surface area contributed by atoms with Crippen LogP contribution < -0.4 is 16.2 Å². The van der Waals surface area contributed by atoms with Crippen LogP contribution in [-0.4, -0.2) is 34.0 Å². The van der Waals surface area contributed by atoms with Crippen LogP contribution in [-0.2, 0) is 15.8 Å².